The van der Waals surface area contributed by atoms with E-state index in [4.69, 9.17) is 9.47 Å². The first-order valence-corrected chi connectivity index (χ1v) is 7.72. The van der Waals surface area contributed by atoms with Gasteiger partial charge in [-0.1, -0.05) is 0 Å². The molecule has 0 aromatic carbocycles. The zero-order valence-corrected chi connectivity index (χ0v) is 13.5. The van der Waals surface area contributed by atoms with Crippen LogP contribution in [-0.2, 0) is 9.47 Å². The van der Waals surface area contributed by atoms with Gasteiger partial charge in [0.15, 0.2) is 0 Å². The summed E-state index contributed by atoms with van der Waals surface area (Å²) in [5.74, 6) is 0.482. The van der Waals surface area contributed by atoms with Crippen molar-refractivity contribution in [1.29, 1.82) is 0 Å². The Kier molecular flexibility index (Phi) is 4.03. The number of hydrogen-bond acceptors (Lipinski definition) is 3. The Labute approximate surface area is 118 Å². The monoisotopic (exact) mass is 269 g/mol. The number of nitrogens with one attached hydrogen (secondary N) is 1. The molecule has 0 bridgehead atoms. The SMILES string of the molecule is CNC(C1CC(C)(C)OC1(C)C)C1(C)CCCCO1. The van der Waals surface area contributed by atoms with Crippen LogP contribution in [0.1, 0.15) is 60.3 Å². The topological polar surface area (TPSA) is 30.5 Å². The summed E-state index contributed by atoms with van der Waals surface area (Å²) < 4.78 is 12.4. The molecule has 19 heavy (non-hydrogen) atoms. The number of ether oxygens (including phenoxy) is 2. The summed E-state index contributed by atoms with van der Waals surface area (Å²) in [4.78, 5) is 0. The molecule has 3 heteroatoms. The standard InChI is InChI=1S/C16H31NO2/c1-14(2)11-12(15(3,4)19-14)13(17-6)16(5)9-7-8-10-18-16/h12-13,17H,7-11H2,1-6H3. The van der Waals surface area contributed by atoms with Gasteiger partial charge in [-0.2, -0.15) is 0 Å². The zero-order valence-electron chi connectivity index (χ0n) is 13.5. The first-order valence-electron chi connectivity index (χ1n) is 7.72. The molecule has 0 aromatic heterocycles. The number of rotatable bonds is 3. The van der Waals surface area contributed by atoms with Gasteiger partial charge in [0, 0.05) is 18.6 Å². The maximum Gasteiger partial charge on any atom is 0.0810 e. The van der Waals surface area contributed by atoms with Gasteiger partial charge >= 0.3 is 0 Å². The summed E-state index contributed by atoms with van der Waals surface area (Å²) in [6.45, 7) is 12.0. The second-order valence-electron chi connectivity index (χ2n) is 7.66. The smallest absolute Gasteiger partial charge is 0.0810 e. The van der Waals surface area contributed by atoms with Crippen LogP contribution in [0.5, 0.6) is 0 Å². The summed E-state index contributed by atoms with van der Waals surface area (Å²) in [6, 6.07) is 0.351. The van der Waals surface area contributed by atoms with E-state index in [0.717, 1.165) is 19.4 Å². The van der Waals surface area contributed by atoms with Crippen molar-refractivity contribution in [2.45, 2.75) is 83.1 Å². The third-order valence-corrected chi connectivity index (χ3v) is 5.01. The van der Waals surface area contributed by atoms with E-state index in [1.165, 1.54) is 12.8 Å². The molecule has 3 atom stereocenters. The summed E-state index contributed by atoms with van der Waals surface area (Å²) >= 11 is 0. The maximum absolute atomic E-state index is 6.27. The van der Waals surface area contributed by atoms with E-state index in [-0.39, 0.29) is 16.8 Å². The van der Waals surface area contributed by atoms with E-state index in [2.05, 4.69) is 47.0 Å². The molecular weight excluding hydrogens is 238 g/mol. The Balaban J connectivity index is 2.22. The van der Waals surface area contributed by atoms with Crippen LogP contribution in [0.2, 0.25) is 0 Å². The van der Waals surface area contributed by atoms with Crippen LogP contribution in [0.4, 0.5) is 0 Å². The van der Waals surface area contributed by atoms with Crippen LogP contribution in [0.25, 0.3) is 0 Å². The maximum atomic E-state index is 6.27. The molecule has 3 nitrogen and oxygen atoms in total. The first-order chi connectivity index (χ1) is 8.70. The lowest BCUT2D eigenvalue weighted by Gasteiger charge is -2.46. The lowest BCUT2D eigenvalue weighted by atomic mass is 9.73. The number of hydrogen-bond donors (Lipinski definition) is 1. The molecule has 1 N–H and O–H groups in total. The van der Waals surface area contributed by atoms with Gasteiger partial charge in [0.25, 0.3) is 0 Å². The summed E-state index contributed by atoms with van der Waals surface area (Å²) in [5.41, 5.74) is -0.187. The van der Waals surface area contributed by atoms with Crippen molar-refractivity contribution in [2.24, 2.45) is 5.92 Å². The minimum atomic E-state index is -0.0962. The Morgan fingerprint density at radius 2 is 1.79 bits per heavy atom. The van der Waals surface area contributed by atoms with Gasteiger partial charge in [-0.25, -0.2) is 0 Å². The largest absolute Gasteiger partial charge is 0.374 e. The lowest BCUT2D eigenvalue weighted by molar-refractivity contribution is -0.122. The Morgan fingerprint density at radius 3 is 2.21 bits per heavy atom. The highest BCUT2D eigenvalue weighted by Gasteiger charge is 2.53. The average Bonchev–Trinajstić information content (AvgIpc) is 2.48. The quantitative estimate of drug-likeness (QED) is 0.854. The molecule has 0 amide bonds. The van der Waals surface area contributed by atoms with Crippen molar-refractivity contribution in [1.82, 2.24) is 5.32 Å². The summed E-state index contributed by atoms with van der Waals surface area (Å²) in [7, 11) is 2.06. The van der Waals surface area contributed by atoms with Crippen LogP contribution in [-0.4, -0.2) is 36.5 Å². The van der Waals surface area contributed by atoms with Gasteiger partial charge in [0.05, 0.1) is 16.8 Å². The van der Waals surface area contributed by atoms with Crippen LogP contribution in [0, 0.1) is 5.92 Å². The van der Waals surface area contributed by atoms with E-state index in [1.807, 2.05) is 0 Å². The van der Waals surface area contributed by atoms with Crippen LogP contribution < -0.4 is 5.32 Å². The van der Waals surface area contributed by atoms with Crippen molar-refractivity contribution < 1.29 is 9.47 Å². The zero-order chi connectivity index (χ0) is 14.3. The van der Waals surface area contributed by atoms with Gasteiger partial charge in [-0.15, -0.1) is 0 Å². The Hall–Kier alpha value is -0.120. The molecule has 2 saturated heterocycles. The highest BCUT2D eigenvalue weighted by Crippen LogP contribution is 2.47. The van der Waals surface area contributed by atoms with Crippen molar-refractivity contribution in [3.63, 3.8) is 0 Å². The third kappa shape index (κ3) is 2.98. The molecular formula is C16H31NO2. The fourth-order valence-corrected chi connectivity index (χ4v) is 4.26. The average molecular weight is 269 g/mol. The second-order valence-corrected chi connectivity index (χ2v) is 7.66. The predicted molar refractivity (Wildman–Crippen MR) is 78.4 cm³/mol. The third-order valence-electron chi connectivity index (χ3n) is 5.01. The van der Waals surface area contributed by atoms with Crippen LogP contribution in [0.3, 0.4) is 0 Å². The van der Waals surface area contributed by atoms with E-state index in [9.17, 15) is 0 Å². The molecule has 0 aromatic rings. The minimum absolute atomic E-state index is 0.0334. The predicted octanol–water partition coefficient (Wildman–Crippen LogP) is 3.13. The van der Waals surface area contributed by atoms with Gasteiger partial charge in [-0.05, 0) is 67.3 Å². The van der Waals surface area contributed by atoms with Crippen molar-refractivity contribution in [3.05, 3.63) is 0 Å². The Morgan fingerprint density at radius 1 is 1.11 bits per heavy atom. The molecule has 112 valence electrons. The van der Waals surface area contributed by atoms with E-state index in [0.29, 0.717) is 12.0 Å². The van der Waals surface area contributed by atoms with E-state index >= 15 is 0 Å². The summed E-state index contributed by atoms with van der Waals surface area (Å²) in [6.07, 6.45) is 4.70. The molecule has 3 unspecified atom stereocenters. The minimum Gasteiger partial charge on any atom is -0.374 e. The van der Waals surface area contributed by atoms with Crippen LogP contribution in [0.15, 0.2) is 0 Å². The van der Waals surface area contributed by atoms with Crippen LogP contribution >= 0.6 is 0 Å². The van der Waals surface area contributed by atoms with Crippen molar-refractivity contribution in [2.75, 3.05) is 13.7 Å². The van der Waals surface area contributed by atoms with Gasteiger partial charge in [0.2, 0.25) is 0 Å². The number of likely N-dealkylation sites (N-methyl/N-ethyl adjacent to an activating group) is 1. The van der Waals surface area contributed by atoms with Crippen molar-refractivity contribution in [3.8, 4) is 0 Å². The van der Waals surface area contributed by atoms with Gasteiger partial charge < -0.3 is 14.8 Å². The van der Waals surface area contributed by atoms with E-state index < -0.39 is 0 Å². The lowest BCUT2D eigenvalue weighted by Crippen LogP contribution is -2.58. The fourth-order valence-electron chi connectivity index (χ4n) is 4.26. The molecule has 2 fully saturated rings. The highest BCUT2D eigenvalue weighted by molar-refractivity contribution is 5.05. The highest BCUT2D eigenvalue weighted by atomic mass is 16.5. The molecule has 2 aliphatic rings. The molecule has 0 spiro atoms. The van der Waals surface area contributed by atoms with Gasteiger partial charge in [0.1, 0.15) is 0 Å². The summed E-state index contributed by atoms with van der Waals surface area (Å²) in [5, 5.41) is 3.54. The molecule has 2 aliphatic heterocycles. The molecule has 0 saturated carbocycles. The molecule has 0 radical (unpaired) electrons. The Bertz CT molecular complexity index is 319. The van der Waals surface area contributed by atoms with Crippen molar-refractivity contribution >= 4 is 0 Å². The van der Waals surface area contributed by atoms with E-state index in [1.54, 1.807) is 0 Å². The second kappa shape index (κ2) is 5.01. The molecule has 0 aliphatic carbocycles. The first kappa shape index (κ1) is 15.3. The van der Waals surface area contributed by atoms with Gasteiger partial charge in [-0.3, -0.25) is 0 Å². The normalized spacial score (nSPS) is 39.2. The molecule has 2 rings (SSSR count). The fraction of sp³-hybridized carbons (Fsp3) is 1.00. The molecule has 2 heterocycles.